The summed E-state index contributed by atoms with van der Waals surface area (Å²) in [6.45, 7) is 4.33. The molecule has 0 unspecified atom stereocenters. The van der Waals surface area contributed by atoms with E-state index in [1.165, 1.54) is 0 Å². The normalized spacial score (nSPS) is 14.6. The van der Waals surface area contributed by atoms with Crippen LogP contribution in [0.15, 0.2) is 24.3 Å². The van der Waals surface area contributed by atoms with Crippen LogP contribution in [0, 0.1) is 0 Å². The Morgan fingerprint density at radius 3 is 2.30 bits per heavy atom. The van der Waals surface area contributed by atoms with Gasteiger partial charge in [-0.25, -0.2) is 4.79 Å². The van der Waals surface area contributed by atoms with Gasteiger partial charge in [-0.05, 0) is 18.1 Å². The van der Waals surface area contributed by atoms with E-state index in [-0.39, 0.29) is 18.5 Å². The third kappa shape index (κ3) is 4.37. The smallest absolute Gasteiger partial charge is 0.319 e. The van der Waals surface area contributed by atoms with Gasteiger partial charge < -0.3 is 19.4 Å². The molecular formula is C17H25N3O3. The van der Waals surface area contributed by atoms with Crippen LogP contribution in [0.2, 0.25) is 0 Å². The molecule has 0 spiro atoms. The second-order valence-electron chi connectivity index (χ2n) is 5.79. The fourth-order valence-electron chi connectivity index (χ4n) is 2.60. The molecule has 3 amide bonds. The first-order chi connectivity index (χ1) is 11.0. The highest BCUT2D eigenvalue weighted by Crippen LogP contribution is 2.18. The van der Waals surface area contributed by atoms with Crippen LogP contribution in [0.3, 0.4) is 0 Å². The second kappa shape index (κ2) is 7.85. The van der Waals surface area contributed by atoms with Gasteiger partial charge in [0.25, 0.3) is 5.91 Å². The van der Waals surface area contributed by atoms with Crippen molar-refractivity contribution in [2.24, 2.45) is 0 Å². The standard InChI is InChI=1S/C17H25N3O3/c1-4-14-7-5-6-8-15(14)23-13-16(21)19-9-11-20(12-10-19)17(22)18(2)3/h5-8H,4,9-13H2,1-3H3. The Hall–Kier alpha value is -2.24. The summed E-state index contributed by atoms with van der Waals surface area (Å²) in [6, 6.07) is 7.76. The summed E-state index contributed by atoms with van der Waals surface area (Å²) in [6.07, 6.45) is 0.871. The average molecular weight is 319 g/mol. The zero-order chi connectivity index (χ0) is 16.8. The average Bonchev–Trinajstić information content (AvgIpc) is 2.59. The maximum absolute atomic E-state index is 12.3. The van der Waals surface area contributed by atoms with Crippen LogP contribution in [0.4, 0.5) is 4.79 Å². The predicted octanol–water partition coefficient (Wildman–Crippen LogP) is 1.45. The fourth-order valence-corrected chi connectivity index (χ4v) is 2.60. The number of carbonyl (C=O) groups is 2. The molecule has 0 atom stereocenters. The summed E-state index contributed by atoms with van der Waals surface area (Å²) in [7, 11) is 3.47. The van der Waals surface area contributed by atoms with E-state index in [1.54, 1.807) is 28.8 Å². The summed E-state index contributed by atoms with van der Waals surface area (Å²) in [5.41, 5.74) is 1.10. The number of carbonyl (C=O) groups excluding carboxylic acids is 2. The third-order valence-corrected chi connectivity index (χ3v) is 3.99. The van der Waals surface area contributed by atoms with E-state index >= 15 is 0 Å². The van der Waals surface area contributed by atoms with Crippen molar-refractivity contribution in [3.8, 4) is 5.75 Å². The zero-order valence-corrected chi connectivity index (χ0v) is 14.1. The summed E-state index contributed by atoms with van der Waals surface area (Å²) >= 11 is 0. The number of amides is 3. The van der Waals surface area contributed by atoms with E-state index in [4.69, 9.17) is 4.74 Å². The van der Waals surface area contributed by atoms with Gasteiger partial charge >= 0.3 is 6.03 Å². The van der Waals surface area contributed by atoms with Gasteiger partial charge in [0.15, 0.2) is 6.61 Å². The molecule has 1 aromatic rings. The van der Waals surface area contributed by atoms with E-state index in [2.05, 4.69) is 6.92 Å². The minimum atomic E-state index is -0.0344. The first kappa shape index (κ1) is 17.1. The SMILES string of the molecule is CCc1ccccc1OCC(=O)N1CCN(C(=O)N(C)C)CC1. The number of nitrogens with zero attached hydrogens (tertiary/aromatic N) is 3. The van der Waals surface area contributed by atoms with Gasteiger partial charge in [0.1, 0.15) is 5.75 Å². The summed E-state index contributed by atoms with van der Waals surface area (Å²) in [5, 5.41) is 0. The number of hydrogen-bond donors (Lipinski definition) is 0. The maximum Gasteiger partial charge on any atom is 0.319 e. The first-order valence-corrected chi connectivity index (χ1v) is 7.97. The largest absolute Gasteiger partial charge is 0.483 e. The number of hydrogen-bond acceptors (Lipinski definition) is 3. The van der Waals surface area contributed by atoms with Gasteiger partial charge in [0.2, 0.25) is 0 Å². The van der Waals surface area contributed by atoms with Crippen LogP contribution in [0.1, 0.15) is 12.5 Å². The van der Waals surface area contributed by atoms with Crippen molar-refractivity contribution < 1.29 is 14.3 Å². The molecule has 0 aliphatic carbocycles. The quantitative estimate of drug-likeness (QED) is 0.844. The van der Waals surface area contributed by atoms with Gasteiger partial charge in [-0.3, -0.25) is 4.79 Å². The summed E-state index contributed by atoms with van der Waals surface area (Å²) < 4.78 is 5.68. The molecule has 1 aromatic carbocycles. The summed E-state index contributed by atoms with van der Waals surface area (Å²) in [5.74, 6) is 0.734. The van der Waals surface area contributed by atoms with Crippen LogP contribution in [-0.4, -0.2) is 73.5 Å². The molecule has 1 heterocycles. The van der Waals surface area contributed by atoms with Crippen LogP contribution >= 0.6 is 0 Å². The van der Waals surface area contributed by atoms with Crippen LogP contribution in [0.25, 0.3) is 0 Å². The Labute approximate surface area is 137 Å². The van der Waals surface area contributed by atoms with E-state index in [9.17, 15) is 9.59 Å². The molecular weight excluding hydrogens is 294 g/mol. The van der Waals surface area contributed by atoms with Gasteiger partial charge in [0.05, 0.1) is 0 Å². The Morgan fingerprint density at radius 1 is 1.09 bits per heavy atom. The molecule has 0 saturated carbocycles. The molecule has 0 bridgehead atoms. The van der Waals surface area contributed by atoms with Gasteiger partial charge in [-0.2, -0.15) is 0 Å². The van der Waals surface area contributed by atoms with Crippen molar-refractivity contribution in [1.82, 2.24) is 14.7 Å². The minimum Gasteiger partial charge on any atom is -0.483 e. The van der Waals surface area contributed by atoms with Crippen molar-refractivity contribution in [2.45, 2.75) is 13.3 Å². The van der Waals surface area contributed by atoms with Crippen molar-refractivity contribution in [2.75, 3.05) is 46.9 Å². The Kier molecular flexibility index (Phi) is 5.84. The molecule has 6 heteroatoms. The molecule has 0 radical (unpaired) electrons. The monoisotopic (exact) mass is 319 g/mol. The van der Waals surface area contributed by atoms with Crippen molar-refractivity contribution in [3.63, 3.8) is 0 Å². The number of benzene rings is 1. The highest BCUT2D eigenvalue weighted by molar-refractivity contribution is 5.79. The molecule has 0 N–H and O–H groups in total. The number of ether oxygens (including phenoxy) is 1. The number of aryl methyl sites for hydroxylation is 1. The Balaban J connectivity index is 1.82. The predicted molar refractivity (Wildman–Crippen MR) is 88.6 cm³/mol. The summed E-state index contributed by atoms with van der Waals surface area (Å²) in [4.78, 5) is 29.2. The number of piperazine rings is 1. The highest BCUT2D eigenvalue weighted by Gasteiger charge is 2.25. The van der Waals surface area contributed by atoms with E-state index in [1.807, 2.05) is 24.3 Å². The van der Waals surface area contributed by atoms with Crippen LogP contribution in [-0.2, 0) is 11.2 Å². The molecule has 1 aliphatic rings. The van der Waals surface area contributed by atoms with Crippen LogP contribution < -0.4 is 4.74 Å². The zero-order valence-electron chi connectivity index (χ0n) is 14.1. The number of urea groups is 1. The number of rotatable bonds is 4. The van der Waals surface area contributed by atoms with Crippen molar-refractivity contribution in [3.05, 3.63) is 29.8 Å². The first-order valence-electron chi connectivity index (χ1n) is 7.97. The molecule has 1 aliphatic heterocycles. The Bertz CT molecular complexity index is 552. The lowest BCUT2D eigenvalue weighted by molar-refractivity contribution is -0.134. The van der Waals surface area contributed by atoms with Crippen molar-refractivity contribution >= 4 is 11.9 Å². The number of para-hydroxylation sites is 1. The lowest BCUT2D eigenvalue weighted by Gasteiger charge is -2.35. The van der Waals surface area contributed by atoms with Gasteiger partial charge in [0, 0.05) is 40.3 Å². The Morgan fingerprint density at radius 2 is 1.70 bits per heavy atom. The maximum atomic E-state index is 12.3. The van der Waals surface area contributed by atoms with E-state index < -0.39 is 0 Å². The third-order valence-electron chi connectivity index (χ3n) is 3.99. The van der Waals surface area contributed by atoms with E-state index in [0.29, 0.717) is 26.2 Å². The molecule has 1 saturated heterocycles. The molecule has 126 valence electrons. The highest BCUT2D eigenvalue weighted by atomic mass is 16.5. The fraction of sp³-hybridized carbons (Fsp3) is 0.529. The minimum absolute atomic E-state index is 0.00905. The van der Waals surface area contributed by atoms with Crippen molar-refractivity contribution in [1.29, 1.82) is 0 Å². The molecule has 2 rings (SSSR count). The topological polar surface area (TPSA) is 53.1 Å². The van der Waals surface area contributed by atoms with Gasteiger partial charge in [-0.1, -0.05) is 25.1 Å². The lowest BCUT2D eigenvalue weighted by atomic mass is 10.1. The lowest BCUT2D eigenvalue weighted by Crippen LogP contribution is -2.53. The molecule has 1 fully saturated rings. The van der Waals surface area contributed by atoms with Gasteiger partial charge in [-0.15, -0.1) is 0 Å². The molecule has 0 aromatic heterocycles. The second-order valence-corrected chi connectivity index (χ2v) is 5.79. The molecule has 6 nitrogen and oxygen atoms in total. The molecule has 23 heavy (non-hydrogen) atoms. The van der Waals surface area contributed by atoms with Crippen LogP contribution in [0.5, 0.6) is 5.75 Å². The van der Waals surface area contributed by atoms with E-state index in [0.717, 1.165) is 17.7 Å².